The highest BCUT2D eigenvalue weighted by Gasteiger charge is 2.46. The zero-order valence-corrected chi connectivity index (χ0v) is 36.6. The molecular weight excluding hydrogens is 783 g/mol. The molecule has 2 aliphatic carbocycles. The van der Waals surface area contributed by atoms with E-state index in [1.165, 1.54) is 89.0 Å². The summed E-state index contributed by atoms with van der Waals surface area (Å²) in [5.74, 6) is 0. The molecule has 2 aliphatic rings. The molecule has 10 aromatic rings. The Morgan fingerprint density at radius 1 is 0.262 bits per heavy atom. The van der Waals surface area contributed by atoms with E-state index in [0.29, 0.717) is 0 Å². The summed E-state index contributed by atoms with van der Waals surface area (Å²) in [7, 11) is 0. The van der Waals surface area contributed by atoms with Crippen LogP contribution in [0.15, 0.2) is 249 Å². The van der Waals surface area contributed by atoms with Crippen molar-refractivity contribution < 1.29 is 0 Å². The molecule has 0 saturated carbocycles. The number of benzene rings is 10. The molecule has 0 N–H and O–H groups in total. The van der Waals surface area contributed by atoms with Gasteiger partial charge in [-0.25, -0.2) is 0 Å². The molecule has 1 nitrogen and oxygen atoms in total. The van der Waals surface area contributed by atoms with E-state index >= 15 is 0 Å². The maximum atomic E-state index is 2.47. The molecule has 0 fully saturated rings. The Morgan fingerprint density at radius 3 is 1.34 bits per heavy atom. The molecule has 0 radical (unpaired) electrons. The smallest absolute Gasteiger partial charge is 0.0713 e. The Morgan fingerprint density at radius 2 is 0.677 bits per heavy atom. The highest BCUT2D eigenvalue weighted by Crippen LogP contribution is 2.57. The second-order valence-corrected chi connectivity index (χ2v) is 18.1. The van der Waals surface area contributed by atoms with Crippen molar-refractivity contribution >= 4 is 17.1 Å². The van der Waals surface area contributed by atoms with Gasteiger partial charge in [-0.2, -0.15) is 0 Å². The first-order valence-corrected chi connectivity index (χ1v) is 22.7. The van der Waals surface area contributed by atoms with Crippen molar-refractivity contribution in [2.45, 2.75) is 24.7 Å². The standard InChI is InChI=1S/C64H47N/c1-63(2)59-27-14-12-25-55(59)57-40-38-54(43-61(57)63)65(52-34-29-46(30-35-52)44-17-6-3-7-18-44)53-36-31-47(32-37-53)49-33-39-58-56-26-13-15-28-60(56)64(62(58)42-49,50-22-10-5-11-23-50)51-24-16-21-48(41-51)45-19-8-4-9-20-45/h3-43H,1-2H3. The van der Waals surface area contributed by atoms with Gasteiger partial charge in [0, 0.05) is 22.5 Å². The minimum atomic E-state index is -0.516. The SMILES string of the molecule is CC1(C)c2ccccc2-c2ccc(N(c3ccc(-c4ccccc4)cc3)c3ccc(-c4ccc5c(c4)C(c4ccccc4)(c4cccc(-c6ccccc6)c4)c4ccccc4-5)cc3)cc21. The fraction of sp³-hybridized carbons (Fsp3) is 0.0625. The van der Waals surface area contributed by atoms with E-state index in [-0.39, 0.29) is 5.41 Å². The molecule has 0 bridgehead atoms. The molecule has 0 aromatic heterocycles. The molecule has 308 valence electrons. The summed E-state index contributed by atoms with van der Waals surface area (Å²) >= 11 is 0. The predicted molar refractivity (Wildman–Crippen MR) is 272 cm³/mol. The molecule has 1 atom stereocenters. The Kier molecular flexibility index (Phi) is 9.14. The van der Waals surface area contributed by atoms with Crippen molar-refractivity contribution in [2.75, 3.05) is 4.90 Å². The third-order valence-corrected chi connectivity index (χ3v) is 14.2. The molecule has 10 aromatic carbocycles. The maximum Gasteiger partial charge on any atom is 0.0713 e. The molecule has 0 amide bonds. The molecule has 0 aliphatic heterocycles. The molecule has 12 rings (SSSR count). The largest absolute Gasteiger partial charge is 0.310 e. The third kappa shape index (κ3) is 6.22. The summed E-state index contributed by atoms with van der Waals surface area (Å²) in [6, 6.07) is 92.0. The maximum absolute atomic E-state index is 2.47. The molecular formula is C64H47N. The van der Waals surface area contributed by atoms with Crippen LogP contribution < -0.4 is 4.90 Å². The number of hydrogen-bond acceptors (Lipinski definition) is 1. The first-order chi connectivity index (χ1) is 32.0. The minimum absolute atomic E-state index is 0.111. The van der Waals surface area contributed by atoms with Gasteiger partial charge < -0.3 is 4.90 Å². The summed E-state index contributed by atoms with van der Waals surface area (Å²) in [5, 5.41) is 0. The first-order valence-electron chi connectivity index (χ1n) is 22.7. The van der Waals surface area contributed by atoms with Crippen LogP contribution in [0.3, 0.4) is 0 Å². The van der Waals surface area contributed by atoms with Crippen LogP contribution in [0.5, 0.6) is 0 Å². The van der Waals surface area contributed by atoms with E-state index in [0.717, 1.165) is 17.1 Å². The van der Waals surface area contributed by atoms with Gasteiger partial charge in [0.25, 0.3) is 0 Å². The van der Waals surface area contributed by atoms with Crippen LogP contribution in [0.4, 0.5) is 17.1 Å². The first kappa shape index (κ1) is 38.7. The van der Waals surface area contributed by atoms with Crippen LogP contribution in [0.1, 0.15) is 47.2 Å². The van der Waals surface area contributed by atoms with E-state index in [4.69, 9.17) is 0 Å². The van der Waals surface area contributed by atoms with Crippen LogP contribution in [0.25, 0.3) is 55.6 Å². The van der Waals surface area contributed by atoms with Crippen molar-refractivity contribution in [1.29, 1.82) is 0 Å². The van der Waals surface area contributed by atoms with Crippen LogP contribution in [0.2, 0.25) is 0 Å². The zero-order chi connectivity index (χ0) is 43.5. The van der Waals surface area contributed by atoms with E-state index < -0.39 is 5.41 Å². The van der Waals surface area contributed by atoms with E-state index in [1.54, 1.807) is 0 Å². The number of anilines is 3. The minimum Gasteiger partial charge on any atom is -0.310 e. The highest BCUT2D eigenvalue weighted by molar-refractivity contribution is 5.90. The van der Waals surface area contributed by atoms with E-state index in [2.05, 4.69) is 267 Å². The van der Waals surface area contributed by atoms with Gasteiger partial charge in [-0.3, -0.25) is 0 Å². The fourth-order valence-corrected chi connectivity index (χ4v) is 11.0. The third-order valence-electron chi connectivity index (χ3n) is 14.2. The van der Waals surface area contributed by atoms with Gasteiger partial charge in [0.2, 0.25) is 0 Å². The van der Waals surface area contributed by atoms with Gasteiger partial charge in [0.1, 0.15) is 0 Å². The Labute approximate surface area is 382 Å². The van der Waals surface area contributed by atoms with Crippen LogP contribution >= 0.6 is 0 Å². The number of nitrogens with zero attached hydrogens (tertiary/aromatic N) is 1. The van der Waals surface area contributed by atoms with E-state index in [1.807, 2.05) is 0 Å². The zero-order valence-electron chi connectivity index (χ0n) is 36.6. The lowest BCUT2D eigenvalue weighted by atomic mass is 9.67. The predicted octanol–water partition coefficient (Wildman–Crippen LogP) is 16.8. The van der Waals surface area contributed by atoms with Crippen molar-refractivity contribution in [1.82, 2.24) is 0 Å². The van der Waals surface area contributed by atoms with Crippen LogP contribution in [-0.2, 0) is 10.8 Å². The number of fused-ring (bicyclic) bond motifs is 6. The average molecular weight is 830 g/mol. The topological polar surface area (TPSA) is 3.24 Å². The summed E-state index contributed by atoms with van der Waals surface area (Å²) in [6.07, 6.45) is 0. The van der Waals surface area contributed by atoms with Gasteiger partial charge in [0.05, 0.1) is 5.41 Å². The van der Waals surface area contributed by atoms with Gasteiger partial charge in [0.15, 0.2) is 0 Å². The van der Waals surface area contributed by atoms with Crippen molar-refractivity contribution in [3.63, 3.8) is 0 Å². The molecule has 0 heterocycles. The molecule has 1 heteroatoms. The number of hydrogen-bond donors (Lipinski definition) is 0. The molecule has 0 spiro atoms. The Balaban J connectivity index is 0.985. The fourth-order valence-electron chi connectivity index (χ4n) is 11.0. The second-order valence-electron chi connectivity index (χ2n) is 18.1. The van der Waals surface area contributed by atoms with Gasteiger partial charge in [-0.15, -0.1) is 0 Å². The van der Waals surface area contributed by atoms with Gasteiger partial charge in [-0.05, 0) is 138 Å². The van der Waals surface area contributed by atoms with Crippen molar-refractivity contribution in [3.8, 4) is 55.6 Å². The van der Waals surface area contributed by atoms with Crippen molar-refractivity contribution in [3.05, 3.63) is 282 Å². The molecule has 65 heavy (non-hydrogen) atoms. The average Bonchev–Trinajstić information content (AvgIpc) is 3.80. The lowest BCUT2D eigenvalue weighted by molar-refractivity contribution is 0.660. The van der Waals surface area contributed by atoms with Crippen LogP contribution in [0, 0.1) is 0 Å². The Bertz CT molecular complexity index is 3370. The quantitative estimate of drug-likeness (QED) is 0.147. The summed E-state index contributed by atoms with van der Waals surface area (Å²) in [5.41, 5.74) is 23.1. The van der Waals surface area contributed by atoms with Crippen molar-refractivity contribution in [2.24, 2.45) is 0 Å². The van der Waals surface area contributed by atoms with Gasteiger partial charge in [-0.1, -0.05) is 214 Å². The number of rotatable bonds is 8. The van der Waals surface area contributed by atoms with E-state index in [9.17, 15) is 0 Å². The summed E-state index contributed by atoms with van der Waals surface area (Å²) in [4.78, 5) is 2.41. The summed E-state index contributed by atoms with van der Waals surface area (Å²) < 4.78 is 0. The lowest BCUT2D eigenvalue weighted by Gasteiger charge is -2.34. The highest BCUT2D eigenvalue weighted by atomic mass is 15.1. The molecule has 0 saturated heterocycles. The Hall–Kier alpha value is -8.00. The molecule has 1 unspecified atom stereocenters. The van der Waals surface area contributed by atoms with Gasteiger partial charge >= 0.3 is 0 Å². The normalized spacial score (nSPS) is 15.1. The second kappa shape index (κ2) is 15.4. The lowest BCUT2D eigenvalue weighted by Crippen LogP contribution is -2.28. The summed E-state index contributed by atoms with van der Waals surface area (Å²) in [6.45, 7) is 4.72. The monoisotopic (exact) mass is 829 g/mol. The van der Waals surface area contributed by atoms with Crippen LogP contribution in [-0.4, -0.2) is 0 Å².